The maximum absolute atomic E-state index is 12.0. The van der Waals surface area contributed by atoms with Crippen molar-refractivity contribution in [1.82, 2.24) is 10.3 Å². The van der Waals surface area contributed by atoms with Crippen LogP contribution >= 0.6 is 0 Å². The number of amides is 1. The van der Waals surface area contributed by atoms with Crippen molar-refractivity contribution in [1.29, 1.82) is 0 Å². The molecule has 0 bridgehead atoms. The number of aromatic nitrogens is 1. The van der Waals surface area contributed by atoms with Gasteiger partial charge < -0.3 is 10.1 Å². The molecule has 0 fully saturated rings. The van der Waals surface area contributed by atoms with Crippen molar-refractivity contribution in [3.63, 3.8) is 0 Å². The molecule has 0 saturated carbocycles. The van der Waals surface area contributed by atoms with E-state index in [2.05, 4.69) is 10.3 Å². The van der Waals surface area contributed by atoms with Crippen molar-refractivity contribution < 1.29 is 14.3 Å². The van der Waals surface area contributed by atoms with Crippen LogP contribution in [-0.4, -0.2) is 30.8 Å². The second kappa shape index (κ2) is 7.19. The van der Waals surface area contributed by atoms with Gasteiger partial charge in [-0.2, -0.15) is 0 Å². The molecule has 5 nitrogen and oxygen atoms in total. The summed E-state index contributed by atoms with van der Waals surface area (Å²) in [5.74, 6) is 0.0924. The van der Waals surface area contributed by atoms with Crippen molar-refractivity contribution >= 4 is 12.2 Å². The number of carbonyl (C=O) groups excluding carboxylic acids is 2. The van der Waals surface area contributed by atoms with Crippen LogP contribution in [0.5, 0.6) is 5.88 Å². The first-order chi connectivity index (χ1) is 10.2. The van der Waals surface area contributed by atoms with E-state index in [1.54, 1.807) is 30.5 Å². The van der Waals surface area contributed by atoms with Crippen LogP contribution < -0.4 is 10.1 Å². The van der Waals surface area contributed by atoms with Gasteiger partial charge in [-0.15, -0.1) is 0 Å². The van der Waals surface area contributed by atoms with Crippen LogP contribution in [0, 0.1) is 0 Å². The minimum atomic E-state index is -0.218. The molecule has 5 heteroatoms. The van der Waals surface area contributed by atoms with Gasteiger partial charge in [-0.25, -0.2) is 4.98 Å². The van der Waals surface area contributed by atoms with Crippen LogP contribution in [0.25, 0.3) is 0 Å². The van der Waals surface area contributed by atoms with Crippen molar-refractivity contribution in [2.75, 3.05) is 13.7 Å². The Balaban J connectivity index is 1.90. The number of pyridine rings is 1. The molecule has 0 saturated heterocycles. The van der Waals surface area contributed by atoms with Crippen molar-refractivity contribution in [2.24, 2.45) is 0 Å². The highest BCUT2D eigenvalue weighted by molar-refractivity contribution is 5.96. The van der Waals surface area contributed by atoms with E-state index in [4.69, 9.17) is 4.74 Å². The molecule has 0 atom stereocenters. The Bertz CT molecular complexity index is 624. The summed E-state index contributed by atoms with van der Waals surface area (Å²) in [6.07, 6.45) is 3.07. The van der Waals surface area contributed by atoms with E-state index in [0.29, 0.717) is 30.0 Å². The van der Waals surface area contributed by atoms with E-state index >= 15 is 0 Å². The average Bonchev–Trinajstić information content (AvgIpc) is 2.55. The minimum Gasteiger partial charge on any atom is -0.480 e. The third-order valence-corrected chi connectivity index (χ3v) is 3.02. The van der Waals surface area contributed by atoms with Gasteiger partial charge in [0.2, 0.25) is 5.88 Å². The second-order valence-corrected chi connectivity index (χ2v) is 4.43. The zero-order valence-corrected chi connectivity index (χ0v) is 11.7. The molecule has 2 rings (SSSR count). The lowest BCUT2D eigenvalue weighted by atomic mass is 10.1. The number of nitrogens with zero attached hydrogens (tertiary/aromatic N) is 1. The molecule has 0 aliphatic heterocycles. The Morgan fingerprint density at radius 3 is 2.71 bits per heavy atom. The maximum atomic E-state index is 12.0. The Morgan fingerprint density at radius 1 is 1.29 bits per heavy atom. The van der Waals surface area contributed by atoms with Gasteiger partial charge in [-0.1, -0.05) is 24.3 Å². The number of carbonyl (C=O) groups is 2. The lowest BCUT2D eigenvalue weighted by Gasteiger charge is -2.08. The summed E-state index contributed by atoms with van der Waals surface area (Å²) in [7, 11) is 1.48. The Labute approximate surface area is 123 Å². The highest BCUT2D eigenvalue weighted by atomic mass is 16.5. The summed E-state index contributed by atoms with van der Waals surface area (Å²) in [5.41, 5.74) is 2.11. The molecule has 2 aromatic rings. The smallest absolute Gasteiger partial charge is 0.256 e. The van der Waals surface area contributed by atoms with E-state index in [0.717, 1.165) is 11.8 Å². The van der Waals surface area contributed by atoms with E-state index in [9.17, 15) is 9.59 Å². The molecule has 1 aromatic carbocycles. The molecule has 0 radical (unpaired) electrons. The molecular formula is C16H16N2O3. The largest absolute Gasteiger partial charge is 0.480 e. The van der Waals surface area contributed by atoms with Gasteiger partial charge in [0.15, 0.2) is 0 Å². The van der Waals surface area contributed by atoms with Crippen LogP contribution in [-0.2, 0) is 6.42 Å². The van der Waals surface area contributed by atoms with Crippen molar-refractivity contribution in [3.05, 3.63) is 59.3 Å². The number of benzene rings is 1. The molecule has 1 aromatic heterocycles. The van der Waals surface area contributed by atoms with Crippen LogP contribution in [0.1, 0.15) is 26.3 Å². The number of hydrogen-bond donors (Lipinski definition) is 1. The zero-order chi connectivity index (χ0) is 15.1. The van der Waals surface area contributed by atoms with Gasteiger partial charge in [0, 0.05) is 18.3 Å². The fourth-order valence-electron chi connectivity index (χ4n) is 1.90. The van der Waals surface area contributed by atoms with Gasteiger partial charge in [-0.3, -0.25) is 9.59 Å². The Hall–Kier alpha value is -2.69. The van der Waals surface area contributed by atoms with Gasteiger partial charge >= 0.3 is 0 Å². The quantitative estimate of drug-likeness (QED) is 0.822. The molecule has 0 unspecified atom stereocenters. The minimum absolute atomic E-state index is 0.218. The molecule has 21 heavy (non-hydrogen) atoms. The monoisotopic (exact) mass is 284 g/mol. The maximum Gasteiger partial charge on any atom is 0.256 e. The Morgan fingerprint density at radius 2 is 2.05 bits per heavy atom. The highest BCUT2D eigenvalue weighted by Gasteiger charge is 2.11. The van der Waals surface area contributed by atoms with Crippen molar-refractivity contribution in [3.8, 4) is 5.88 Å². The van der Waals surface area contributed by atoms with E-state index in [1.165, 1.54) is 7.11 Å². The molecule has 0 spiro atoms. The molecule has 1 heterocycles. The first-order valence-corrected chi connectivity index (χ1v) is 6.56. The molecule has 1 amide bonds. The summed E-state index contributed by atoms with van der Waals surface area (Å²) in [4.78, 5) is 26.6. The van der Waals surface area contributed by atoms with Crippen molar-refractivity contribution in [2.45, 2.75) is 6.42 Å². The summed E-state index contributed by atoms with van der Waals surface area (Å²) < 4.78 is 5.05. The number of nitrogens with one attached hydrogen (secondary N) is 1. The van der Waals surface area contributed by atoms with Crippen LogP contribution in [0.4, 0.5) is 0 Å². The zero-order valence-electron chi connectivity index (χ0n) is 11.7. The normalized spacial score (nSPS) is 9.95. The number of methoxy groups -OCH3 is 1. The number of aldehydes is 1. The fraction of sp³-hybridized carbons (Fsp3) is 0.188. The summed E-state index contributed by atoms with van der Waals surface area (Å²) >= 11 is 0. The molecule has 0 aliphatic rings. The average molecular weight is 284 g/mol. The molecule has 108 valence electrons. The predicted octanol–water partition coefficient (Wildman–Crippen LogP) is 1.88. The lowest BCUT2D eigenvalue weighted by Crippen LogP contribution is -2.26. The van der Waals surface area contributed by atoms with Crippen LogP contribution in [0.2, 0.25) is 0 Å². The summed E-state index contributed by atoms with van der Waals surface area (Å²) in [6, 6.07) is 10.6. The van der Waals surface area contributed by atoms with Gasteiger partial charge in [0.05, 0.1) is 7.11 Å². The van der Waals surface area contributed by atoms with E-state index in [1.807, 2.05) is 12.1 Å². The number of rotatable bonds is 6. The first kappa shape index (κ1) is 14.7. The third kappa shape index (κ3) is 3.89. The van der Waals surface area contributed by atoms with E-state index < -0.39 is 0 Å². The molecule has 1 N–H and O–H groups in total. The topological polar surface area (TPSA) is 68.3 Å². The van der Waals surface area contributed by atoms with Gasteiger partial charge in [0.1, 0.15) is 11.8 Å². The fourth-order valence-corrected chi connectivity index (χ4v) is 1.90. The van der Waals surface area contributed by atoms with Crippen LogP contribution in [0.15, 0.2) is 42.6 Å². The predicted molar refractivity (Wildman–Crippen MR) is 78.7 cm³/mol. The van der Waals surface area contributed by atoms with Gasteiger partial charge in [-0.05, 0) is 24.1 Å². The standard InChI is InChI=1S/C16H16N2O3/c1-21-16-14(3-2-9-18-16)15(20)17-10-8-12-4-6-13(11-19)7-5-12/h2-7,9,11H,8,10H2,1H3,(H,17,20). The van der Waals surface area contributed by atoms with Gasteiger partial charge in [0.25, 0.3) is 5.91 Å². The SMILES string of the molecule is COc1ncccc1C(=O)NCCc1ccc(C=O)cc1. The summed E-state index contributed by atoms with van der Waals surface area (Å²) in [6.45, 7) is 0.497. The molecule has 0 aliphatic carbocycles. The highest BCUT2D eigenvalue weighted by Crippen LogP contribution is 2.13. The lowest BCUT2D eigenvalue weighted by molar-refractivity contribution is 0.0950. The number of ether oxygens (including phenoxy) is 1. The Kier molecular flexibility index (Phi) is 5.04. The second-order valence-electron chi connectivity index (χ2n) is 4.43. The molecular weight excluding hydrogens is 268 g/mol. The first-order valence-electron chi connectivity index (χ1n) is 6.56. The third-order valence-electron chi connectivity index (χ3n) is 3.02. The van der Waals surface area contributed by atoms with Crippen LogP contribution in [0.3, 0.4) is 0 Å². The number of hydrogen-bond acceptors (Lipinski definition) is 4. The van der Waals surface area contributed by atoms with E-state index in [-0.39, 0.29) is 5.91 Å². The summed E-state index contributed by atoms with van der Waals surface area (Å²) in [5, 5.41) is 2.82.